The lowest BCUT2D eigenvalue weighted by molar-refractivity contribution is 0.590. The number of aromatic nitrogens is 29. The molecule has 0 bridgehead atoms. The number of hydrogen-bond acceptors (Lipinski definition) is 35. The molecule has 0 aliphatic rings. The molecule has 0 fully saturated rings. The lowest BCUT2D eigenvalue weighted by atomic mass is 10.2. The maximum atomic E-state index is 12.5. The standard InChI is InChI=1S/2C15H14N4O2S.3C14H13N5O2S.C13H12N6O2S/c1-12-4-6-14(7-5-12)22(20,21)15-11-19(18-17-15)10-13-3-2-8-16-9-13;1-12-5-7-14(8-6-12)22(20,21)15-11-19(18-17-15)10-13-4-2-3-9-16-13;1-11-3-5-12(6-4-11)22(20,21)14-10-19(18-17-14)9-13-15-7-2-8-16-13;1-11-2-4-13(5-3-11)22(20,21)14-10-19(18-17-14)9-12-8-15-6-7-16-12;1-11-2-4-13(5-3-11)22(20,21)14-9-19(18-17-14)8-12-6-7-15-10-16-12;1-10-2-4-11(5-3-10)22(20,21)13-7-19(18-17-13)6-12-15-8-14-9-16-12/h2*2-9,11H,10H2,1H3;2*2-8,10H,9H2,1H3;2-7,9-10H,8H2,1H3;2-5,7-9H,6H2,1H3. The van der Waals surface area contributed by atoms with E-state index >= 15 is 0 Å². The number of aryl methyl sites for hydroxylation is 6. The molecule has 18 aromatic rings. The van der Waals surface area contributed by atoms with Crippen LogP contribution in [0.2, 0.25) is 0 Å². The van der Waals surface area contributed by atoms with Gasteiger partial charge in [0, 0.05) is 49.6 Å². The predicted molar refractivity (Wildman–Crippen MR) is 469 cm³/mol. The van der Waals surface area contributed by atoms with Crippen LogP contribution in [0.3, 0.4) is 0 Å². The number of benzene rings is 6. The highest BCUT2D eigenvalue weighted by Gasteiger charge is 2.28. The summed E-state index contributed by atoms with van der Waals surface area (Å²) >= 11 is 0. The largest absolute Gasteiger partial charge is 0.264 e. The minimum atomic E-state index is -3.67. The number of sulfone groups is 6. The van der Waals surface area contributed by atoms with Crippen LogP contribution in [0.25, 0.3) is 0 Å². The summed E-state index contributed by atoms with van der Waals surface area (Å²) in [4.78, 5) is 45.1. The molecule has 672 valence electrons. The van der Waals surface area contributed by atoms with Crippen LogP contribution in [0.15, 0.2) is 360 Å². The van der Waals surface area contributed by atoms with Crippen LogP contribution >= 0.6 is 0 Å². The summed E-state index contributed by atoms with van der Waals surface area (Å²) in [6.45, 7) is 13.3. The summed E-state index contributed by atoms with van der Waals surface area (Å²) in [6, 6.07) is 52.4. The first-order valence-electron chi connectivity index (χ1n) is 39.3. The molecule has 0 N–H and O–H groups in total. The highest BCUT2D eigenvalue weighted by molar-refractivity contribution is 7.92. The summed E-state index contributed by atoms with van der Waals surface area (Å²) in [5, 5.41) is 45.2. The molecular formula is C85H79N29O12S6. The molecule has 47 heteroatoms. The topological polar surface area (TPSA) is 531 Å². The smallest absolute Gasteiger partial charge is 0.227 e. The van der Waals surface area contributed by atoms with E-state index in [2.05, 4.69) is 117 Å². The monoisotopic (exact) mass is 1890 g/mol. The van der Waals surface area contributed by atoms with Gasteiger partial charge in [0.25, 0.3) is 0 Å². The second-order valence-electron chi connectivity index (χ2n) is 28.7. The molecule has 0 aliphatic heterocycles. The van der Waals surface area contributed by atoms with Gasteiger partial charge >= 0.3 is 0 Å². The molecule has 12 heterocycles. The van der Waals surface area contributed by atoms with Crippen molar-refractivity contribution in [2.24, 2.45) is 0 Å². The maximum absolute atomic E-state index is 12.5. The zero-order valence-electron chi connectivity index (χ0n) is 70.9. The highest BCUT2D eigenvalue weighted by Crippen LogP contribution is 2.26. The number of nitrogens with zero attached hydrogens (tertiary/aromatic N) is 29. The Morgan fingerprint density at radius 3 is 0.818 bits per heavy atom. The number of rotatable bonds is 24. The molecule has 18 rings (SSSR count). The van der Waals surface area contributed by atoms with E-state index in [0.717, 1.165) is 50.3 Å². The minimum absolute atomic E-state index is 0.0553. The van der Waals surface area contributed by atoms with Crippen molar-refractivity contribution in [2.75, 3.05) is 0 Å². The van der Waals surface area contributed by atoms with Crippen molar-refractivity contribution in [3.63, 3.8) is 0 Å². The quantitative estimate of drug-likeness (QED) is 0.0550. The molecule has 0 saturated carbocycles. The van der Waals surface area contributed by atoms with Crippen molar-refractivity contribution in [1.82, 2.24) is 145 Å². The van der Waals surface area contributed by atoms with Gasteiger partial charge in [-0.1, -0.05) is 150 Å². The average molecular weight is 1890 g/mol. The van der Waals surface area contributed by atoms with E-state index in [1.54, 1.807) is 213 Å². The first kappa shape index (κ1) is 94.0. The van der Waals surface area contributed by atoms with Crippen LogP contribution in [-0.4, -0.2) is 195 Å². The SMILES string of the molecule is Cc1ccc(S(=O)(=O)c2cn(Cc3ccccn3)nn2)cc1.Cc1ccc(S(=O)(=O)c2cn(Cc3cccnc3)nn2)cc1.Cc1ccc(S(=O)(=O)c2cn(Cc3ccncn3)nn2)cc1.Cc1ccc(S(=O)(=O)c2cn(Cc3cnccn3)nn2)cc1.Cc1ccc(S(=O)(=O)c2cn(Cc3ncccn3)nn2)cc1.Cc1ccc(S(=O)(=O)c2cn(Cc3ncncn3)nn2)cc1. The molecule has 0 saturated heterocycles. The van der Waals surface area contributed by atoms with Gasteiger partial charge in [0.2, 0.25) is 89.2 Å². The average Bonchev–Trinajstić information content (AvgIpc) is 1.62. The lowest BCUT2D eigenvalue weighted by Gasteiger charge is -2.01. The van der Waals surface area contributed by atoms with Gasteiger partial charge in [-0.3, -0.25) is 19.9 Å². The van der Waals surface area contributed by atoms with Gasteiger partial charge in [-0.2, -0.15) is 0 Å². The molecule has 41 nitrogen and oxygen atoms in total. The van der Waals surface area contributed by atoms with Crippen molar-refractivity contribution in [3.8, 4) is 0 Å². The molecule has 6 aromatic carbocycles. The Balaban J connectivity index is 0.000000135. The third-order valence-electron chi connectivity index (χ3n) is 18.5. The Hall–Kier alpha value is -15.6. The van der Waals surface area contributed by atoms with Gasteiger partial charge in [-0.25, -0.2) is 113 Å². The lowest BCUT2D eigenvalue weighted by Crippen LogP contribution is -2.05. The van der Waals surface area contributed by atoms with Gasteiger partial charge in [0.1, 0.15) is 37.9 Å². The minimum Gasteiger partial charge on any atom is -0.264 e. The predicted octanol–water partition coefficient (Wildman–Crippen LogP) is 8.15. The van der Waals surface area contributed by atoms with E-state index in [-0.39, 0.29) is 72.6 Å². The Bertz CT molecular complexity index is 6410. The van der Waals surface area contributed by atoms with Crippen molar-refractivity contribution in [1.29, 1.82) is 0 Å². The molecule has 0 amide bonds. The van der Waals surface area contributed by atoms with Gasteiger partial charge in [-0.15, -0.1) is 30.6 Å². The van der Waals surface area contributed by atoms with E-state index in [0.29, 0.717) is 43.5 Å². The summed E-state index contributed by atoms with van der Waals surface area (Å²) in [5.74, 6) is 1.01. The number of pyridine rings is 2. The van der Waals surface area contributed by atoms with E-state index in [1.165, 1.54) is 84.3 Å². The van der Waals surface area contributed by atoms with Gasteiger partial charge < -0.3 is 0 Å². The fraction of sp³-hybridized carbons (Fsp3) is 0.141. The van der Waals surface area contributed by atoms with Crippen molar-refractivity contribution >= 4 is 59.0 Å². The summed E-state index contributed by atoms with van der Waals surface area (Å²) in [7, 11) is -21.9. The second-order valence-corrected chi connectivity index (χ2v) is 40.1. The first-order chi connectivity index (χ1) is 63.3. The Morgan fingerprint density at radius 2 is 0.515 bits per heavy atom. The van der Waals surface area contributed by atoms with E-state index in [9.17, 15) is 50.5 Å². The Kier molecular flexibility index (Phi) is 30.3. The molecular weight excluding hydrogens is 1810 g/mol. The van der Waals surface area contributed by atoms with Gasteiger partial charge in [-0.05, 0) is 150 Å². The van der Waals surface area contributed by atoms with Gasteiger partial charge in [0.15, 0.2) is 5.82 Å². The fourth-order valence-corrected chi connectivity index (χ4v) is 18.3. The molecule has 0 aliphatic carbocycles. The maximum Gasteiger partial charge on any atom is 0.227 e. The molecule has 12 aromatic heterocycles. The third-order valence-corrected chi connectivity index (χ3v) is 28.3. The molecule has 0 radical (unpaired) electrons. The molecule has 0 spiro atoms. The molecule has 0 atom stereocenters. The highest BCUT2D eigenvalue weighted by atomic mass is 32.2. The summed E-state index contributed by atoms with van der Waals surface area (Å²) in [5.41, 5.74) is 9.05. The van der Waals surface area contributed by atoms with Crippen LogP contribution in [0.4, 0.5) is 0 Å². The van der Waals surface area contributed by atoms with Crippen LogP contribution < -0.4 is 0 Å². The summed E-state index contributed by atoms with van der Waals surface area (Å²) < 4.78 is 158. The Labute approximate surface area is 757 Å². The fourth-order valence-electron chi connectivity index (χ4n) is 11.5. The van der Waals surface area contributed by atoms with Crippen LogP contribution in [0, 0.1) is 41.5 Å². The van der Waals surface area contributed by atoms with Crippen molar-refractivity contribution < 1.29 is 50.5 Å². The van der Waals surface area contributed by atoms with Gasteiger partial charge in [0.05, 0.1) is 116 Å². The van der Waals surface area contributed by atoms with Crippen LogP contribution in [0.1, 0.15) is 67.7 Å². The van der Waals surface area contributed by atoms with E-state index in [1.807, 2.05) is 71.9 Å². The summed E-state index contributed by atoms with van der Waals surface area (Å²) in [6.07, 6.45) is 27.2. The van der Waals surface area contributed by atoms with E-state index < -0.39 is 59.0 Å². The zero-order valence-corrected chi connectivity index (χ0v) is 75.7. The van der Waals surface area contributed by atoms with Crippen molar-refractivity contribution in [3.05, 3.63) is 368 Å². The van der Waals surface area contributed by atoms with Crippen LogP contribution in [-0.2, 0) is 98.3 Å². The third kappa shape index (κ3) is 25.0. The van der Waals surface area contributed by atoms with Crippen LogP contribution in [0.5, 0.6) is 0 Å². The zero-order chi connectivity index (χ0) is 93.5. The molecule has 0 unspecified atom stereocenters. The van der Waals surface area contributed by atoms with Crippen molar-refractivity contribution in [2.45, 2.75) is 140 Å². The number of hydrogen-bond donors (Lipinski definition) is 0. The first-order valence-corrected chi connectivity index (χ1v) is 48.2. The normalized spacial score (nSPS) is 11.5. The van der Waals surface area contributed by atoms with E-state index in [4.69, 9.17) is 0 Å². The second kappa shape index (κ2) is 42.6. The molecule has 132 heavy (non-hydrogen) atoms. The Morgan fingerprint density at radius 1 is 0.220 bits per heavy atom.